The maximum Gasteiger partial charge on any atom is 0.254 e. The van der Waals surface area contributed by atoms with Crippen LogP contribution in [-0.2, 0) is 4.79 Å². The number of nitrogens with one attached hydrogen (secondary N) is 1. The lowest BCUT2D eigenvalue weighted by atomic mass is 9.97. The highest BCUT2D eigenvalue weighted by atomic mass is 16.5. The van der Waals surface area contributed by atoms with Crippen LogP contribution in [0.1, 0.15) is 37.6 Å². The molecule has 4 rings (SSSR count). The van der Waals surface area contributed by atoms with Crippen molar-refractivity contribution in [3.05, 3.63) is 82.6 Å². The summed E-state index contributed by atoms with van der Waals surface area (Å²) in [6.07, 6.45) is 0. The van der Waals surface area contributed by atoms with Gasteiger partial charge in [0, 0.05) is 43.4 Å². The Morgan fingerprint density at radius 1 is 0.939 bits per heavy atom. The molecule has 0 radical (unpaired) electrons. The van der Waals surface area contributed by atoms with E-state index in [9.17, 15) is 14.4 Å². The van der Waals surface area contributed by atoms with Crippen LogP contribution in [0.5, 0.6) is 0 Å². The minimum Gasteiger partial charge on any atom is -0.360 e. The molecule has 0 spiro atoms. The van der Waals surface area contributed by atoms with Crippen LogP contribution in [0.25, 0.3) is 0 Å². The number of hydrogen-bond donors (Lipinski definition) is 1. The van der Waals surface area contributed by atoms with Crippen molar-refractivity contribution in [2.75, 3.05) is 38.0 Å². The smallest absolute Gasteiger partial charge is 0.254 e. The van der Waals surface area contributed by atoms with E-state index in [2.05, 4.69) is 10.5 Å². The molecule has 1 N–H and O–H groups in total. The molecule has 2 heterocycles. The lowest BCUT2D eigenvalue weighted by molar-refractivity contribution is -0.117. The number of rotatable bonds is 6. The predicted octanol–water partition coefficient (Wildman–Crippen LogP) is 2.92. The predicted molar refractivity (Wildman–Crippen MR) is 123 cm³/mol. The second-order valence-corrected chi connectivity index (χ2v) is 8.18. The number of ketones is 1. The van der Waals surface area contributed by atoms with Gasteiger partial charge >= 0.3 is 0 Å². The van der Waals surface area contributed by atoms with Crippen molar-refractivity contribution in [3.8, 4) is 0 Å². The summed E-state index contributed by atoms with van der Waals surface area (Å²) in [5, 5.41) is 6.47. The van der Waals surface area contributed by atoms with Gasteiger partial charge in [-0.2, -0.15) is 0 Å². The Morgan fingerprint density at radius 2 is 1.61 bits per heavy atom. The van der Waals surface area contributed by atoms with Crippen LogP contribution in [-0.4, -0.2) is 65.3 Å². The maximum atomic E-state index is 13.2. The first kappa shape index (κ1) is 22.4. The molecule has 1 aliphatic heterocycles. The Balaban J connectivity index is 1.37. The van der Waals surface area contributed by atoms with Crippen molar-refractivity contribution >= 4 is 23.4 Å². The molecule has 0 aliphatic carbocycles. The van der Waals surface area contributed by atoms with Gasteiger partial charge in [-0.15, -0.1) is 0 Å². The van der Waals surface area contributed by atoms with Gasteiger partial charge < -0.3 is 14.7 Å². The number of benzene rings is 2. The number of hydrogen-bond acceptors (Lipinski definition) is 6. The molecule has 0 unspecified atom stereocenters. The largest absolute Gasteiger partial charge is 0.360 e. The van der Waals surface area contributed by atoms with Crippen LogP contribution >= 0.6 is 0 Å². The monoisotopic (exact) mass is 446 g/mol. The Morgan fingerprint density at radius 3 is 2.24 bits per heavy atom. The molecule has 0 bridgehead atoms. The van der Waals surface area contributed by atoms with E-state index in [1.165, 1.54) is 0 Å². The Bertz CT molecular complexity index is 1160. The highest BCUT2D eigenvalue weighted by Gasteiger charge is 2.26. The van der Waals surface area contributed by atoms with Gasteiger partial charge in [-0.25, -0.2) is 0 Å². The van der Waals surface area contributed by atoms with Crippen LogP contribution in [0, 0.1) is 13.8 Å². The number of carbonyl (C=O) groups excluding carboxylic acids is 3. The van der Waals surface area contributed by atoms with Gasteiger partial charge in [-0.3, -0.25) is 19.3 Å². The van der Waals surface area contributed by atoms with Crippen molar-refractivity contribution in [2.24, 2.45) is 0 Å². The average Bonchev–Trinajstić information content (AvgIpc) is 3.23. The normalized spacial score (nSPS) is 14.2. The molecule has 8 nitrogen and oxygen atoms in total. The average molecular weight is 447 g/mol. The lowest BCUT2D eigenvalue weighted by Crippen LogP contribution is -2.50. The van der Waals surface area contributed by atoms with E-state index >= 15 is 0 Å². The van der Waals surface area contributed by atoms with Gasteiger partial charge in [0.1, 0.15) is 5.76 Å². The zero-order valence-corrected chi connectivity index (χ0v) is 18.7. The third-order valence-corrected chi connectivity index (χ3v) is 5.64. The second kappa shape index (κ2) is 9.79. The number of nitrogens with zero attached hydrogens (tertiary/aromatic N) is 3. The van der Waals surface area contributed by atoms with Crippen LogP contribution in [0.3, 0.4) is 0 Å². The summed E-state index contributed by atoms with van der Waals surface area (Å²) >= 11 is 0. The number of carbonyl (C=O) groups is 3. The van der Waals surface area contributed by atoms with E-state index < -0.39 is 0 Å². The third kappa shape index (κ3) is 5.35. The van der Waals surface area contributed by atoms with Crippen molar-refractivity contribution in [3.63, 3.8) is 0 Å². The molecule has 1 aliphatic rings. The van der Waals surface area contributed by atoms with Gasteiger partial charge in [0.2, 0.25) is 5.91 Å². The molecule has 8 heteroatoms. The fourth-order valence-electron chi connectivity index (χ4n) is 3.82. The van der Waals surface area contributed by atoms with E-state index in [-0.39, 0.29) is 24.1 Å². The first-order valence-corrected chi connectivity index (χ1v) is 10.9. The molecule has 1 saturated heterocycles. The Kier molecular flexibility index (Phi) is 6.65. The van der Waals surface area contributed by atoms with E-state index in [0.29, 0.717) is 54.4 Å². The molecular weight excluding hydrogens is 420 g/mol. The molecule has 2 aromatic carbocycles. The van der Waals surface area contributed by atoms with Crippen molar-refractivity contribution in [1.29, 1.82) is 0 Å². The summed E-state index contributed by atoms with van der Waals surface area (Å²) in [4.78, 5) is 42.3. The molecule has 0 saturated carbocycles. The summed E-state index contributed by atoms with van der Waals surface area (Å²) in [5.74, 6) is 0.488. The Hall–Kier alpha value is -3.78. The first-order chi connectivity index (χ1) is 15.9. The number of anilines is 1. The first-order valence-electron chi connectivity index (χ1n) is 10.9. The van der Waals surface area contributed by atoms with Crippen LogP contribution in [0.2, 0.25) is 0 Å². The quantitative estimate of drug-likeness (QED) is 0.585. The third-order valence-electron chi connectivity index (χ3n) is 5.64. The van der Waals surface area contributed by atoms with Crippen LogP contribution in [0.15, 0.2) is 59.1 Å². The van der Waals surface area contributed by atoms with Gasteiger partial charge in [-0.1, -0.05) is 53.2 Å². The number of piperazine rings is 1. The maximum absolute atomic E-state index is 13.2. The van der Waals surface area contributed by atoms with E-state index in [1.54, 1.807) is 54.3 Å². The second-order valence-electron chi connectivity index (χ2n) is 8.18. The topological polar surface area (TPSA) is 95.8 Å². The minimum atomic E-state index is -0.183. The number of aryl methyl sites for hydroxylation is 2. The molecule has 170 valence electrons. The highest BCUT2D eigenvalue weighted by molar-refractivity contribution is 6.15. The summed E-state index contributed by atoms with van der Waals surface area (Å²) in [7, 11) is 0. The van der Waals surface area contributed by atoms with Gasteiger partial charge in [0.25, 0.3) is 5.91 Å². The van der Waals surface area contributed by atoms with Crippen molar-refractivity contribution in [1.82, 2.24) is 15.0 Å². The molecular formula is C25H26N4O4. The highest BCUT2D eigenvalue weighted by Crippen LogP contribution is 2.18. The fourth-order valence-corrected chi connectivity index (χ4v) is 3.82. The summed E-state index contributed by atoms with van der Waals surface area (Å²) in [6, 6.07) is 15.9. The lowest BCUT2D eigenvalue weighted by Gasteiger charge is -2.34. The fraction of sp³-hybridized carbons (Fsp3) is 0.280. The van der Waals surface area contributed by atoms with Gasteiger partial charge in [0.05, 0.1) is 12.1 Å². The standard InChI is InChI=1S/C25H26N4O4/c1-17-7-9-19(10-8-17)24(31)20-5-3-4-6-21(20)25(32)29-13-11-28(12-14-29)16-23(30)26-22-15-18(2)33-27-22/h3-10,15H,11-14,16H2,1-2H3,(H,26,27,30). The minimum absolute atomic E-state index is 0.169. The molecule has 2 amide bonds. The summed E-state index contributed by atoms with van der Waals surface area (Å²) in [5.41, 5.74) is 2.42. The van der Waals surface area contributed by atoms with Crippen molar-refractivity contribution in [2.45, 2.75) is 13.8 Å². The van der Waals surface area contributed by atoms with Crippen LogP contribution < -0.4 is 5.32 Å². The Labute approximate surface area is 192 Å². The molecule has 0 atom stereocenters. The number of amides is 2. The molecule has 1 fully saturated rings. The zero-order chi connectivity index (χ0) is 23.4. The molecule has 33 heavy (non-hydrogen) atoms. The van der Waals surface area contributed by atoms with Crippen LogP contribution in [0.4, 0.5) is 5.82 Å². The molecule has 1 aromatic heterocycles. The SMILES string of the molecule is Cc1ccc(C(=O)c2ccccc2C(=O)N2CCN(CC(=O)Nc3cc(C)on3)CC2)cc1. The molecule has 3 aromatic rings. The summed E-state index contributed by atoms with van der Waals surface area (Å²) in [6.45, 7) is 5.99. The summed E-state index contributed by atoms with van der Waals surface area (Å²) < 4.78 is 4.95. The van der Waals surface area contributed by atoms with E-state index in [1.807, 2.05) is 24.0 Å². The van der Waals surface area contributed by atoms with Crippen molar-refractivity contribution < 1.29 is 18.9 Å². The van der Waals surface area contributed by atoms with E-state index in [4.69, 9.17) is 4.52 Å². The van der Waals surface area contributed by atoms with Gasteiger partial charge in [-0.05, 0) is 19.9 Å². The van der Waals surface area contributed by atoms with E-state index in [0.717, 1.165) is 5.56 Å². The van der Waals surface area contributed by atoms with Gasteiger partial charge in [0.15, 0.2) is 11.6 Å². The zero-order valence-electron chi connectivity index (χ0n) is 18.7. The number of aromatic nitrogens is 1.